The largest absolute Gasteiger partial charge is 0.398 e. The Morgan fingerprint density at radius 1 is 1.42 bits per heavy atom. The van der Waals surface area contributed by atoms with E-state index in [9.17, 15) is 4.21 Å². The first-order valence-electron chi connectivity index (χ1n) is 6.23. The van der Waals surface area contributed by atoms with Crippen LogP contribution in [0.3, 0.4) is 0 Å². The molecule has 0 saturated carbocycles. The molecule has 0 aliphatic carbocycles. The molecule has 0 spiro atoms. The van der Waals surface area contributed by atoms with Crippen LogP contribution in [0.5, 0.6) is 0 Å². The summed E-state index contributed by atoms with van der Waals surface area (Å²) >= 11 is 0. The predicted molar refractivity (Wildman–Crippen MR) is 76.0 cm³/mol. The lowest BCUT2D eigenvalue weighted by atomic mass is 10.2. The molecule has 5 nitrogen and oxygen atoms in total. The lowest BCUT2D eigenvalue weighted by molar-refractivity contribution is 0.579. The molecule has 0 bridgehead atoms. The Labute approximate surface area is 115 Å². The van der Waals surface area contributed by atoms with Crippen molar-refractivity contribution in [3.05, 3.63) is 35.9 Å². The highest BCUT2D eigenvalue weighted by molar-refractivity contribution is 7.84. The van der Waals surface area contributed by atoms with Crippen LogP contribution in [0.2, 0.25) is 0 Å². The van der Waals surface area contributed by atoms with Crippen molar-refractivity contribution in [2.75, 3.05) is 5.73 Å². The Bertz CT molecular complexity index is 594. The zero-order chi connectivity index (χ0) is 13.8. The van der Waals surface area contributed by atoms with Crippen LogP contribution in [0.25, 0.3) is 0 Å². The molecule has 0 aliphatic heterocycles. The van der Waals surface area contributed by atoms with Gasteiger partial charge in [-0.1, -0.05) is 13.0 Å². The van der Waals surface area contributed by atoms with Crippen LogP contribution in [0.1, 0.15) is 24.7 Å². The fraction of sp³-hybridized carbons (Fsp3) is 0.385. The monoisotopic (exact) mass is 278 g/mol. The van der Waals surface area contributed by atoms with Gasteiger partial charge in [-0.15, -0.1) is 0 Å². The van der Waals surface area contributed by atoms with Crippen LogP contribution in [0.15, 0.2) is 29.4 Å². The standard InChI is InChI=1S/C13H18N4OS/c1-3-7-17-13(15-9-16-17)8-19(18)12-6-4-5-11(14)10(12)2/h4-6,9H,3,7-8,14H2,1-2H3. The van der Waals surface area contributed by atoms with Gasteiger partial charge in [0.25, 0.3) is 0 Å². The molecule has 1 aromatic heterocycles. The van der Waals surface area contributed by atoms with E-state index in [1.807, 2.05) is 25.1 Å². The number of nitrogens with zero attached hydrogens (tertiary/aromatic N) is 3. The van der Waals surface area contributed by atoms with Gasteiger partial charge in [0.2, 0.25) is 0 Å². The molecule has 2 N–H and O–H groups in total. The molecule has 2 rings (SSSR count). The van der Waals surface area contributed by atoms with Crippen molar-refractivity contribution in [1.29, 1.82) is 0 Å². The molecule has 1 atom stereocenters. The Balaban J connectivity index is 2.21. The normalized spacial score (nSPS) is 12.5. The van der Waals surface area contributed by atoms with Gasteiger partial charge >= 0.3 is 0 Å². The van der Waals surface area contributed by atoms with Gasteiger partial charge in [-0.25, -0.2) is 9.67 Å². The maximum absolute atomic E-state index is 12.4. The van der Waals surface area contributed by atoms with Crippen LogP contribution in [-0.4, -0.2) is 19.0 Å². The maximum atomic E-state index is 12.4. The molecule has 1 heterocycles. The van der Waals surface area contributed by atoms with Crippen LogP contribution in [0, 0.1) is 6.92 Å². The van der Waals surface area contributed by atoms with Gasteiger partial charge in [0, 0.05) is 17.1 Å². The first kappa shape index (κ1) is 13.7. The van der Waals surface area contributed by atoms with E-state index < -0.39 is 10.8 Å². The van der Waals surface area contributed by atoms with E-state index in [0.29, 0.717) is 11.4 Å². The number of aromatic nitrogens is 3. The lowest BCUT2D eigenvalue weighted by Crippen LogP contribution is -2.09. The third-order valence-electron chi connectivity index (χ3n) is 2.96. The smallest absolute Gasteiger partial charge is 0.139 e. The second-order valence-corrected chi connectivity index (χ2v) is 5.78. The third-order valence-corrected chi connectivity index (χ3v) is 4.42. The Morgan fingerprint density at radius 3 is 2.95 bits per heavy atom. The van der Waals surface area contributed by atoms with Crippen LogP contribution >= 0.6 is 0 Å². The number of hydrogen-bond donors (Lipinski definition) is 1. The van der Waals surface area contributed by atoms with Gasteiger partial charge in [0.05, 0.1) is 16.6 Å². The van der Waals surface area contributed by atoms with Crippen molar-refractivity contribution in [3.8, 4) is 0 Å². The van der Waals surface area contributed by atoms with E-state index in [2.05, 4.69) is 17.0 Å². The highest BCUT2D eigenvalue weighted by atomic mass is 32.2. The van der Waals surface area contributed by atoms with Gasteiger partial charge in [-0.2, -0.15) is 5.10 Å². The summed E-state index contributed by atoms with van der Waals surface area (Å²) in [5, 5.41) is 4.14. The highest BCUT2D eigenvalue weighted by Crippen LogP contribution is 2.20. The number of benzene rings is 1. The molecule has 19 heavy (non-hydrogen) atoms. The second-order valence-electron chi connectivity index (χ2n) is 4.36. The fourth-order valence-corrected chi connectivity index (χ4v) is 3.17. The SMILES string of the molecule is CCCn1ncnc1CS(=O)c1cccc(N)c1C. The second kappa shape index (κ2) is 5.97. The van der Waals surface area contributed by atoms with E-state index in [1.54, 1.807) is 4.68 Å². The third kappa shape index (κ3) is 3.01. The summed E-state index contributed by atoms with van der Waals surface area (Å²) in [4.78, 5) is 4.95. The van der Waals surface area contributed by atoms with E-state index in [1.165, 1.54) is 6.33 Å². The van der Waals surface area contributed by atoms with E-state index >= 15 is 0 Å². The molecule has 0 saturated heterocycles. The van der Waals surface area contributed by atoms with Gasteiger partial charge in [0.1, 0.15) is 12.2 Å². The quantitative estimate of drug-likeness (QED) is 0.848. The molecular formula is C13H18N4OS. The van der Waals surface area contributed by atoms with Crippen molar-refractivity contribution >= 4 is 16.5 Å². The van der Waals surface area contributed by atoms with Gasteiger partial charge < -0.3 is 5.73 Å². The molecule has 6 heteroatoms. The Kier molecular flexibility index (Phi) is 4.31. The fourth-order valence-electron chi connectivity index (χ4n) is 1.87. The molecular weight excluding hydrogens is 260 g/mol. The maximum Gasteiger partial charge on any atom is 0.139 e. The molecule has 0 amide bonds. The minimum Gasteiger partial charge on any atom is -0.398 e. The Hall–Kier alpha value is -1.69. The zero-order valence-corrected chi connectivity index (χ0v) is 12.0. The lowest BCUT2D eigenvalue weighted by Gasteiger charge is -2.08. The average Bonchev–Trinajstić information content (AvgIpc) is 2.80. The number of hydrogen-bond acceptors (Lipinski definition) is 4. The number of nitrogens with two attached hydrogens (primary N) is 1. The minimum absolute atomic E-state index is 0.365. The molecule has 1 aromatic carbocycles. The van der Waals surface area contributed by atoms with Crippen molar-refractivity contribution in [2.45, 2.75) is 37.5 Å². The zero-order valence-electron chi connectivity index (χ0n) is 11.2. The van der Waals surface area contributed by atoms with Crippen molar-refractivity contribution in [1.82, 2.24) is 14.8 Å². The summed E-state index contributed by atoms with van der Waals surface area (Å²) in [6, 6.07) is 5.49. The van der Waals surface area contributed by atoms with Gasteiger partial charge in [-0.05, 0) is 31.0 Å². The summed E-state index contributed by atoms with van der Waals surface area (Å²) in [5.74, 6) is 1.12. The molecule has 102 valence electrons. The van der Waals surface area contributed by atoms with Crippen LogP contribution < -0.4 is 5.73 Å². The first-order chi connectivity index (χ1) is 9.13. The van der Waals surface area contributed by atoms with Crippen molar-refractivity contribution < 1.29 is 4.21 Å². The molecule has 0 radical (unpaired) electrons. The first-order valence-corrected chi connectivity index (χ1v) is 7.55. The van der Waals surface area contributed by atoms with Crippen molar-refractivity contribution in [2.24, 2.45) is 0 Å². The minimum atomic E-state index is -1.15. The number of nitrogen functional groups attached to an aromatic ring is 1. The van der Waals surface area contributed by atoms with E-state index in [0.717, 1.165) is 29.2 Å². The summed E-state index contributed by atoms with van der Waals surface area (Å²) in [6.45, 7) is 4.76. The van der Waals surface area contributed by atoms with Crippen LogP contribution in [0.4, 0.5) is 5.69 Å². The van der Waals surface area contributed by atoms with Crippen molar-refractivity contribution in [3.63, 3.8) is 0 Å². The van der Waals surface area contributed by atoms with Gasteiger partial charge in [-0.3, -0.25) is 4.21 Å². The number of aryl methyl sites for hydroxylation is 1. The predicted octanol–water partition coefficient (Wildman–Crippen LogP) is 1.89. The highest BCUT2D eigenvalue weighted by Gasteiger charge is 2.13. The molecule has 0 aliphatic rings. The average molecular weight is 278 g/mol. The summed E-state index contributed by atoms with van der Waals surface area (Å²) in [5.41, 5.74) is 7.39. The van der Waals surface area contributed by atoms with Crippen LogP contribution in [-0.2, 0) is 23.1 Å². The molecule has 1 unspecified atom stereocenters. The topological polar surface area (TPSA) is 73.8 Å². The summed E-state index contributed by atoms with van der Waals surface area (Å²) in [6.07, 6.45) is 2.48. The van der Waals surface area contributed by atoms with E-state index in [4.69, 9.17) is 5.73 Å². The summed E-state index contributed by atoms with van der Waals surface area (Å²) in [7, 11) is -1.15. The molecule has 0 fully saturated rings. The number of rotatable bonds is 5. The van der Waals surface area contributed by atoms with Gasteiger partial charge in [0.15, 0.2) is 0 Å². The molecule has 2 aromatic rings. The van der Waals surface area contributed by atoms with E-state index in [-0.39, 0.29) is 0 Å². The number of anilines is 1. The Morgan fingerprint density at radius 2 is 2.21 bits per heavy atom. The summed E-state index contributed by atoms with van der Waals surface area (Å²) < 4.78 is 14.2.